The maximum absolute atomic E-state index is 13.8. The third kappa shape index (κ3) is 6.05. The molecular weight excluding hydrogens is 324 g/mol. The average Bonchev–Trinajstić information content (AvgIpc) is 2.59. The van der Waals surface area contributed by atoms with E-state index in [-0.39, 0.29) is 5.17 Å². The fourth-order valence-corrected chi connectivity index (χ4v) is 2.87. The van der Waals surface area contributed by atoms with Crippen LogP contribution in [-0.2, 0) is 9.53 Å². The number of hydrogen-bond donors (Lipinski definition) is 2. The highest BCUT2D eigenvalue weighted by Gasteiger charge is 2.31. The van der Waals surface area contributed by atoms with Crippen LogP contribution in [0.2, 0.25) is 0 Å². The first-order valence-electron chi connectivity index (χ1n) is 7.01. The van der Waals surface area contributed by atoms with Gasteiger partial charge < -0.3 is 16.2 Å². The first-order valence-corrected chi connectivity index (χ1v) is 7.89. The topological polar surface area (TPSA) is 90.7 Å². The van der Waals surface area contributed by atoms with Gasteiger partial charge in [-0.25, -0.2) is 4.39 Å². The van der Waals surface area contributed by atoms with Crippen molar-refractivity contribution in [1.82, 2.24) is 0 Å². The number of carbonyl (C=O) groups excluding carboxylic acids is 1. The van der Waals surface area contributed by atoms with Crippen LogP contribution in [0.4, 0.5) is 14.5 Å². The summed E-state index contributed by atoms with van der Waals surface area (Å²) >= 11 is 1.13. The predicted molar refractivity (Wildman–Crippen MR) is 91.6 cm³/mol. The summed E-state index contributed by atoms with van der Waals surface area (Å²) in [7, 11) is 1.81. The van der Waals surface area contributed by atoms with Crippen LogP contribution < -0.4 is 11.5 Å². The molecule has 8 heteroatoms. The molecule has 0 saturated heterocycles. The van der Waals surface area contributed by atoms with Crippen molar-refractivity contribution >= 4 is 28.6 Å². The van der Waals surface area contributed by atoms with Gasteiger partial charge in [-0.15, -0.1) is 0 Å². The Labute approximate surface area is 139 Å². The van der Waals surface area contributed by atoms with Crippen LogP contribution in [0.15, 0.2) is 23.2 Å². The minimum absolute atomic E-state index is 0.244. The fraction of sp³-hybridized carbons (Fsp3) is 0.467. The Hall–Kier alpha value is -1.83. The molecule has 2 unspecified atom stereocenters. The molecule has 2 atom stereocenters. The predicted octanol–water partition coefficient (Wildman–Crippen LogP) is 3.05. The van der Waals surface area contributed by atoms with Crippen LogP contribution in [0.1, 0.15) is 31.9 Å². The molecule has 1 aliphatic heterocycles. The number of rotatable bonds is 2. The number of nitrogens with two attached hydrogens (primary N) is 2. The number of carbonyl (C=O) groups is 1. The second-order valence-corrected chi connectivity index (χ2v) is 5.35. The summed E-state index contributed by atoms with van der Waals surface area (Å²) in [5.41, 5.74) is 12.1. The summed E-state index contributed by atoms with van der Waals surface area (Å²) in [6, 6.07) is 3.75. The van der Waals surface area contributed by atoms with E-state index in [0.717, 1.165) is 11.8 Å². The number of methoxy groups -OCH3 is 1. The molecule has 0 spiro atoms. The third-order valence-electron chi connectivity index (χ3n) is 2.83. The number of hydrogen-bond acceptors (Lipinski definition) is 6. The van der Waals surface area contributed by atoms with Crippen LogP contribution in [0.25, 0.3) is 0 Å². The zero-order valence-electron chi connectivity index (χ0n) is 13.7. The highest BCUT2D eigenvalue weighted by Crippen LogP contribution is 2.35. The Morgan fingerprint density at radius 2 is 1.96 bits per heavy atom. The normalized spacial score (nSPS) is 19.3. The summed E-state index contributed by atoms with van der Waals surface area (Å²) in [6.07, 6.45) is 0.332. The van der Waals surface area contributed by atoms with Crippen LogP contribution >= 0.6 is 11.8 Å². The lowest BCUT2D eigenvalue weighted by Gasteiger charge is -2.24. The Balaban J connectivity index is 0.00000112. The van der Waals surface area contributed by atoms with Gasteiger partial charge in [0, 0.05) is 11.3 Å². The molecule has 23 heavy (non-hydrogen) atoms. The van der Waals surface area contributed by atoms with Gasteiger partial charge in [0.05, 0.1) is 20.3 Å². The van der Waals surface area contributed by atoms with Crippen LogP contribution in [0.3, 0.4) is 0 Å². The smallest absolute Gasteiger partial charge is 0.319 e. The quantitative estimate of drug-likeness (QED) is 0.634. The number of benzene rings is 1. The molecule has 1 aromatic rings. The van der Waals surface area contributed by atoms with Gasteiger partial charge in [-0.2, -0.15) is 0 Å². The average molecular weight is 347 g/mol. The monoisotopic (exact) mass is 347 g/mol. The second kappa shape index (κ2) is 10.8. The molecule has 130 valence electrons. The van der Waals surface area contributed by atoms with Gasteiger partial charge in [0.25, 0.3) is 0 Å². The summed E-state index contributed by atoms with van der Waals surface area (Å²) in [4.78, 5) is 15.7. The van der Waals surface area contributed by atoms with Crippen molar-refractivity contribution < 1.29 is 18.3 Å². The van der Waals surface area contributed by atoms with Crippen molar-refractivity contribution in [2.45, 2.75) is 31.6 Å². The number of anilines is 1. The molecule has 0 radical (unpaired) electrons. The number of nitrogen functional groups attached to an aromatic ring is 1. The maximum Gasteiger partial charge on any atom is 0.319 e. The van der Waals surface area contributed by atoms with E-state index in [9.17, 15) is 13.6 Å². The SMILES string of the molecule is CC.CF.COC(=O)C1CC(c2cc(N)ccc2F)N=C(N)S1. The van der Waals surface area contributed by atoms with Gasteiger partial charge in [0.2, 0.25) is 0 Å². The summed E-state index contributed by atoms with van der Waals surface area (Å²) in [5.74, 6) is -0.802. The molecular formula is C15H23F2N3O2S. The van der Waals surface area contributed by atoms with Crippen molar-refractivity contribution in [1.29, 1.82) is 0 Å². The Morgan fingerprint density at radius 1 is 1.35 bits per heavy atom. The summed E-state index contributed by atoms with van der Waals surface area (Å²) in [5, 5.41) is -0.234. The van der Waals surface area contributed by atoms with E-state index in [0.29, 0.717) is 24.8 Å². The standard InChI is InChI=1S/C12H14FN3O2S.C2H6.CH3F/c1-18-11(17)10-5-9(16-12(15)19-10)7-4-6(14)2-3-8(7)13;2*1-2/h2-4,9-10H,5,14H2,1H3,(H2,15,16);1-2H3;1H3. The van der Waals surface area contributed by atoms with Crippen molar-refractivity contribution in [2.24, 2.45) is 10.7 Å². The highest BCUT2D eigenvalue weighted by atomic mass is 32.2. The molecule has 0 fully saturated rings. The number of amidine groups is 1. The Bertz CT molecular complexity index is 541. The molecule has 0 aromatic heterocycles. The number of aliphatic imine (C=N–C) groups is 1. The van der Waals surface area contributed by atoms with E-state index in [2.05, 4.69) is 9.73 Å². The molecule has 1 aliphatic rings. The van der Waals surface area contributed by atoms with Gasteiger partial charge >= 0.3 is 5.97 Å². The van der Waals surface area contributed by atoms with Crippen molar-refractivity contribution in [2.75, 3.05) is 20.0 Å². The van der Waals surface area contributed by atoms with E-state index in [1.165, 1.54) is 25.3 Å². The Kier molecular flexibility index (Phi) is 9.96. The summed E-state index contributed by atoms with van der Waals surface area (Å²) in [6.45, 7) is 4.00. The van der Waals surface area contributed by atoms with Gasteiger partial charge in [0.15, 0.2) is 5.17 Å². The second-order valence-electron chi connectivity index (χ2n) is 4.13. The molecule has 2 rings (SSSR count). The van der Waals surface area contributed by atoms with E-state index < -0.39 is 23.1 Å². The van der Waals surface area contributed by atoms with Crippen LogP contribution in [0, 0.1) is 5.82 Å². The molecule has 1 aromatic carbocycles. The summed E-state index contributed by atoms with van der Waals surface area (Å²) < 4.78 is 28.0. The van der Waals surface area contributed by atoms with Crippen LogP contribution in [0.5, 0.6) is 0 Å². The fourth-order valence-electron chi connectivity index (χ4n) is 1.92. The minimum Gasteiger partial charge on any atom is -0.468 e. The number of ether oxygens (including phenoxy) is 1. The third-order valence-corrected chi connectivity index (χ3v) is 3.84. The number of nitrogens with zero attached hydrogens (tertiary/aromatic N) is 1. The lowest BCUT2D eigenvalue weighted by Crippen LogP contribution is -2.29. The van der Waals surface area contributed by atoms with E-state index in [1.807, 2.05) is 13.8 Å². The highest BCUT2D eigenvalue weighted by molar-refractivity contribution is 8.14. The van der Waals surface area contributed by atoms with Gasteiger partial charge in [-0.3, -0.25) is 14.2 Å². The largest absolute Gasteiger partial charge is 0.468 e. The molecule has 0 amide bonds. The molecule has 4 N–H and O–H groups in total. The zero-order valence-corrected chi connectivity index (χ0v) is 14.5. The maximum atomic E-state index is 13.8. The molecule has 1 heterocycles. The van der Waals surface area contributed by atoms with Crippen molar-refractivity contribution in [3.8, 4) is 0 Å². The molecule has 0 aliphatic carbocycles. The first kappa shape index (κ1) is 21.2. The van der Waals surface area contributed by atoms with Crippen molar-refractivity contribution in [3.63, 3.8) is 0 Å². The van der Waals surface area contributed by atoms with Crippen molar-refractivity contribution in [3.05, 3.63) is 29.6 Å². The lowest BCUT2D eigenvalue weighted by atomic mass is 10.0. The molecule has 0 saturated carbocycles. The Morgan fingerprint density at radius 3 is 2.52 bits per heavy atom. The van der Waals surface area contributed by atoms with Gasteiger partial charge in [-0.1, -0.05) is 25.6 Å². The number of halogens is 2. The number of alkyl halides is 1. The number of thioether (sulfide) groups is 1. The number of esters is 1. The minimum atomic E-state index is -0.520. The zero-order chi connectivity index (χ0) is 18.0. The van der Waals surface area contributed by atoms with Gasteiger partial charge in [-0.05, 0) is 24.6 Å². The molecule has 5 nitrogen and oxygen atoms in total. The van der Waals surface area contributed by atoms with Gasteiger partial charge in [0.1, 0.15) is 11.1 Å². The lowest BCUT2D eigenvalue weighted by molar-refractivity contribution is -0.140. The van der Waals surface area contributed by atoms with E-state index in [4.69, 9.17) is 11.5 Å². The van der Waals surface area contributed by atoms with Crippen LogP contribution in [-0.4, -0.2) is 30.7 Å². The van der Waals surface area contributed by atoms with E-state index in [1.54, 1.807) is 0 Å². The first-order chi connectivity index (χ1) is 11.0. The van der Waals surface area contributed by atoms with E-state index >= 15 is 0 Å². The molecule has 0 bridgehead atoms.